The summed E-state index contributed by atoms with van der Waals surface area (Å²) in [6.45, 7) is 5.40. The van der Waals surface area contributed by atoms with Crippen molar-refractivity contribution >= 4 is 32.4 Å². The summed E-state index contributed by atoms with van der Waals surface area (Å²) in [6.07, 6.45) is -4.19. The maximum absolute atomic E-state index is 12.7. The number of aromatic nitrogens is 3. The van der Waals surface area contributed by atoms with E-state index in [1.807, 2.05) is 13.8 Å². The average Bonchev–Trinajstić information content (AvgIpc) is 3.21. The number of alkyl halides is 3. The van der Waals surface area contributed by atoms with Crippen LogP contribution < -0.4 is 10.0 Å². The van der Waals surface area contributed by atoms with Gasteiger partial charge in [0.25, 0.3) is 15.9 Å². The first-order valence-electron chi connectivity index (χ1n) is 10.1. The van der Waals surface area contributed by atoms with Gasteiger partial charge in [-0.1, -0.05) is 37.3 Å². The Morgan fingerprint density at radius 3 is 2.32 bits per heavy atom. The van der Waals surface area contributed by atoms with Gasteiger partial charge in [-0.25, -0.2) is 13.4 Å². The van der Waals surface area contributed by atoms with E-state index in [0.29, 0.717) is 6.42 Å². The average molecular weight is 514 g/mol. The molecule has 0 spiro atoms. The maximum Gasteiger partial charge on any atom is 0.433 e. The third-order valence-electron chi connectivity index (χ3n) is 4.71. The molecule has 13 heteroatoms. The largest absolute Gasteiger partial charge is 0.433 e. The molecule has 0 radical (unpaired) electrons. The van der Waals surface area contributed by atoms with Crippen molar-refractivity contribution in [3.63, 3.8) is 0 Å². The Kier molecular flexibility index (Phi) is 7.56. The second kappa shape index (κ2) is 10.1. The Hall–Kier alpha value is -3.06. The molecule has 0 aliphatic rings. The molecule has 1 aromatic carbocycles. The topological polar surface area (TPSA) is 114 Å². The van der Waals surface area contributed by atoms with Crippen molar-refractivity contribution < 1.29 is 26.4 Å². The molecule has 2 heterocycles. The number of halogens is 3. The molecule has 0 fully saturated rings. The summed E-state index contributed by atoms with van der Waals surface area (Å²) in [4.78, 5) is 15.8. The van der Waals surface area contributed by atoms with Gasteiger partial charge in [-0.15, -0.1) is 10.2 Å². The van der Waals surface area contributed by atoms with E-state index in [2.05, 4.69) is 25.2 Å². The van der Waals surface area contributed by atoms with E-state index in [-0.39, 0.29) is 33.7 Å². The molecule has 0 atom stereocenters. The first-order valence-corrected chi connectivity index (χ1v) is 12.4. The van der Waals surface area contributed by atoms with Crippen LogP contribution in [0.15, 0.2) is 41.3 Å². The van der Waals surface area contributed by atoms with Gasteiger partial charge in [0, 0.05) is 12.5 Å². The number of rotatable bonds is 8. The fraction of sp³-hybridized carbons (Fsp3) is 0.333. The van der Waals surface area contributed by atoms with Crippen molar-refractivity contribution in [3.05, 3.63) is 63.9 Å². The number of pyridine rings is 1. The molecule has 3 aromatic rings. The fourth-order valence-electron chi connectivity index (χ4n) is 2.89. The Labute approximate surface area is 198 Å². The molecule has 3 rings (SSSR count). The number of carbonyl (C=O) groups is 1. The first-order chi connectivity index (χ1) is 15.9. The van der Waals surface area contributed by atoms with Crippen LogP contribution in [0.25, 0.3) is 0 Å². The van der Waals surface area contributed by atoms with Crippen LogP contribution in [-0.2, 0) is 22.6 Å². The molecular weight excluding hydrogens is 491 g/mol. The SMILES string of the molecule is Cc1nc(C(F)(F)F)ccc1C(=O)NCCc1ccc(S(=O)(=O)Nc2nnc(C(C)C)s2)cc1. The van der Waals surface area contributed by atoms with Crippen LogP contribution in [0.1, 0.15) is 52.1 Å². The number of nitrogens with zero attached hydrogens (tertiary/aromatic N) is 3. The molecule has 0 bridgehead atoms. The third-order valence-corrected chi connectivity index (χ3v) is 7.33. The van der Waals surface area contributed by atoms with Crippen LogP contribution in [0.2, 0.25) is 0 Å². The highest BCUT2D eigenvalue weighted by atomic mass is 32.2. The van der Waals surface area contributed by atoms with Crippen LogP contribution in [0, 0.1) is 6.92 Å². The fourth-order valence-corrected chi connectivity index (χ4v) is 4.87. The van der Waals surface area contributed by atoms with E-state index in [0.717, 1.165) is 22.7 Å². The van der Waals surface area contributed by atoms with Crippen molar-refractivity contribution in [2.75, 3.05) is 11.3 Å². The number of sulfonamides is 1. The Balaban J connectivity index is 1.57. The van der Waals surface area contributed by atoms with Gasteiger partial charge in [0.2, 0.25) is 5.13 Å². The molecule has 2 N–H and O–H groups in total. The molecule has 8 nitrogen and oxygen atoms in total. The van der Waals surface area contributed by atoms with Gasteiger partial charge in [0.15, 0.2) is 0 Å². The second-order valence-electron chi connectivity index (χ2n) is 7.68. The van der Waals surface area contributed by atoms with Crippen LogP contribution in [-0.4, -0.2) is 36.1 Å². The Morgan fingerprint density at radius 2 is 1.76 bits per heavy atom. The standard InChI is InChI=1S/C21H22F3N5O3S2/c1-12(2)19-27-28-20(33-19)29-34(31,32)15-6-4-14(5-7-15)10-11-25-18(30)16-8-9-17(21(22,23)24)26-13(16)3/h4-9,12H,10-11H2,1-3H3,(H,25,30)(H,28,29). The molecule has 182 valence electrons. The molecule has 34 heavy (non-hydrogen) atoms. The van der Waals surface area contributed by atoms with E-state index in [1.165, 1.54) is 30.4 Å². The molecule has 2 aromatic heterocycles. The monoisotopic (exact) mass is 513 g/mol. The number of amides is 1. The zero-order valence-corrected chi connectivity index (χ0v) is 20.1. The lowest BCUT2D eigenvalue weighted by atomic mass is 10.1. The van der Waals surface area contributed by atoms with Crippen molar-refractivity contribution in [2.24, 2.45) is 0 Å². The van der Waals surface area contributed by atoms with E-state index in [9.17, 15) is 26.4 Å². The summed E-state index contributed by atoms with van der Waals surface area (Å²) in [7, 11) is -3.83. The number of nitrogens with one attached hydrogen (secondary N) is 2. The zero-order chi connectivity index (χ0) is 25.1. The predicted octanol–water partition coefficient (Wildman–Crippen LogP) is 4.16. The summed E-state index contributed by atoms with van der Waals surface area (Å²) in [5, 5.41) is 11.3. The normalized spacial score (nSPS) is 12.1. The van der Waals surface area contributed by atoms with E-state index in [4.69, 9.17) is 0 Å². The first kappa shape index (κ1) is 25.6. The third kappa shape index (κ3) is 6.29. The van der Waals surface area contributed by atoms with Gasteiger partial charge < -0.3 is 5.32 Å². The minimum absolute atomic E-state index is 0.0228. The molecule has 0 saturated heterocycles. The van der Waals surface area contributed by atoms with Gasteiger partial charge in [0.05, 0.1) is 16.2 Å². The summed E-state index contributed by atoms with van der Waals surface area (Å²) < 4.78 is 65.7. The predicted molar refractivity (Wildman–Crippen MR) is 121 cm³/mol. The lowest BCUT2D eigenvalue weighted by Gasteiger charge is -2.11. The smallest absolute Gasteiger partial charge is 0.352 e. The Morgan fingerprint density at radius 1 is 1.09 bits per heavy atom. The number of carbonyl (C=O) groups excluding carboxylic acids is 1. The summed E-state index contributed by atoms with van der Waals surface area (Å²) >= 11 is 1.17. The summed E-state index contributed by atoms with van der Waals surface area (Å²) in [6, 6.07) is 7.97. The van der Waals surface area contributed by atoms with Crippen LogP contribution in [0.3, 0.4) is 0 Å². The lowest BCUT2D eigenvalue weighted by Crippen LogP contribution is -2.27. The minimum Gasteiger partial charge on any atom is -0.352 e. The van der Waals surface area contributed by atoms with Gasteiger partial charge in [-0.3, -0.25) is 9.52 Å². The van der Waals surface area contributed by atoms with E-state index >= 15 is 0 Å². The molecule has 0 aliphatic carbocycles. The molecule has 0 saturated carbocycles. The molecule has 0 aliphatic heterocycles. The maximum atomic E-state index is 12.7. The van der Waals surface area contributed by atoms with E-state index < -0.39 is 27.8 Å². The number of benzene rings is 1. The van der Waals surface area contributed by atoms with Crippen molar-refractivity contribution in [3.8, 4) is 0 Å². The molecule has 1 amide bonds. The quantitative estimate of drug-likeness (QED) is 0.468. The van der Waals surface area contributed by atoms with Gasteiger partial charge in [-0.2, -0.15) is 13.2 Å². The van der Waals surface area contributed by atoms with Crippen molar-refractivity contribution in [1.82, 2.24) is 20.5 Å². The van der Waals surface area contributed by atoms with Gasteiger partial charge >= 0.3 is 6.18 Å². The highest BCUT2D eigenvalue weighted by Gasteiger charge is 2.33. The highest BCUT2D eigenvalue weighted by Crippen LogP contribution is 2.28. The number of hydrogen-bond donors (Lipinski definition) is 2. The molecule has 0 unspecified atom stereocenters. The number of aryl methyl sites for hydroxylation is 1. The zero-order valence-electron chi connectivity index (χ0n) is 18.5. The van der Waals surface area contributed by atoms with Crippen molar-refractivity contribution in [2.45, 2.75) is 44.2 Å². The summed E-state index contributed by atoms with van der Waals surface area (Å²) in [5.74, 6) is -0.407. The van der Waals surface area contributed by atoms with Crippen LogP contribution >= 0.6 is 11.3 Å². The number of anilines is 1. The second-order valence-corrected chi connectivity index (χ2v) is 10.4. The van der Waals surface area contributed by atoms with Crippen LogP contribution in [0.5, 0.6) is 0 Å². The number of hydrogen-bond acceptors (Lipinski definition) is 7. The minimum atomic E-state index is -4.58. The lowest BCUT2D eigenvalue weighted by molar-refractivity contribution is -0.141. The van der Waals surface area contributed by atoms with Crippen LogP contribution in [0.4, 0.5) is 18.3 Å². The summed E-state index contributed by atoms with van der Waals surface area (Å²) in [5.41, 5.74) is -0.264. The Bertz CT molecular complexity index is 1270. The van der Waals surface area contributed by atoms with Crippen molar-refractivity contribution in [1.29, 1.82) is 0 Å². The van der Waals surface area contributed by atoms with Gasteiger partial charge in [-0.05, 0) is 43.2 Å². The van der Waals surface area contributed by atoms with Gasteiger partial charge in [0.1, 0.15) is 10.7 Å². The molecular formula is C21H22F3N5O3S2. The highest BCUT2D eigenvalue weighted by molar-refractivity contribution is 7.93. The van der Waals surface area contributed by atoms with E-state index in [1.54, 1.807) is 12.1 Å².